The van der Waals surface area contributed by atoms with E-state index < -0.39 is 0 Å². The monoisotopic (exact) mass is 265 g/mol. The first-order valence-electron chi connectivity index (χ1n) is 6.66. The van der Waals surface area contributed by atoms with Crippen LogP contribution in [0, 0.1) is 5.92 Å². The molecule has 4 nitrogen and oxygen atoms in total. The highest BCUT2D eigenvalue weighted by atomic mass is 16.5. The van der Waals surface area contributed by atoms with Gasteiger partial charge in [0, 0.05) is 6.54 Å². The smallest absolute Gasteiger partial charge is 0.257 e. The molecule has 0 heterocycles. The van der Waals surface area contributed by atoms with Crippen molar-refractivity contribution in [2.45, 2.75) is 26.7 Å². The summed E-state index contributed by atoms with van der Waals surface area (Å²) < 4.78 is 10.6. The number of rotatable bonds is 8. The summed E-state index contributed by atoms with van der Waals surface area (Å²) in [6.45, 7) is 5.06. The molecule has 0 aliphatic carbocycles. The number of hydrogen-bond acceptors (Lipinski definition) is 3. The molecule has 1 amide bonds. The molecule has 0 saturated carbocycles. The highest BCUT2D eigenvalue weighted by molar-refractivity contribution is 5.77. The lowest BCUT2D eigenvalue weighted by Crippen LogP contribution is -2.29. The molecular weight excluding hydrogens is 242 g/mol. The number of amides is 1. The maximum Gasteiger partial charge on any atom is 0.257 e. The van der Waals surface area contributed by atoms with Crippen LogP contribution in [-0.2, 0) is 4.79 Å². The van der Waals surface area contributed by atoms with E-state index in [0.29, 0.717) is 24.0 Å². The van der Waals surface area contributed by atoms with E-state index in [0.717, 1.165) is 12.8 Å². The Labute approximate surface area is 115 Å². The van der Waals surface area contributed by atoms with E-state index in [1.165, 1.54) is 0 Å². The number of methoxy groups -OCH3 is 1. The highest BCUT2D eigenvalue weighted by Crippen LogP contribution is 2.25. The Morgan fingerprint density at radius 3 is 2.58 bits per heavy atom. The minimum absolute atomic E-state index is 0.0159. The van der Waals surface area contributed by atoms with Gasteiger partial charge in [0.2, 0.25) is 0 Å². The van der Waals surface area contributed by atoms with Crippen LogP contribution in [0.15, 0.2) is 24.3 Å². The summed E-state index contributed by atoms with van der Waals surface area (Å²) in [6.07, 6.45) is 2.12. The molecule has 0 bridgehead atoms. The summed E-state index contributed by atoms with van der Waals surface area (Å²) in [7, 11) is 1.58. The molecule has 0 fully saturated rings. The molecule has 1 rings (SSSR count). The van der Waals surface area contributed by atoms with Crippen LogP contribution in [0.1, 0.15) is 26.7 Å². The van der Waals surface area contributed by atoms with Crippen molar-refractivity contribution in [2.24, 2.45) is 5.92 Å². The Bertz CT molecular complexity index is 391. The number of benzene rings is 1. The van der Waals surface area contributed by atoms with Crippen LogP contribution in [0.25, 0.3) is 0 Å². The zero-order valence-corrected chi connectivity index (χ0v) is 11.9. The molecule has 0 aliphatic rings. The predicted octanol–water partition coefficient (Wildman–Crippen LogP) is 2.63. The Balaban J connectivity index is 2.26. The van der Waals surface area contributed by atoms with E-state index in [9.17, 15) is 4.79 Å². The molecule has 1 N–H and O–H groups in total. The first-order chi connectivity index (χ1) is 9.13. The Kier molecular flexibility index (Phi) is 6.79. The zero-order chi connectivity index (χ0) is 14.1. The summed E-state index contributed by atoms with van der Waals surface area (Å²) in [5, 5.41) is 2.84. The molecule has 0 atom stereocenters. The number of nitrogens with one attached hydrogen (secondary N) is 1. The van der Waals surface area contributed by atoms with Crippen molar-refractivity contribution >= 4 is 5.91 Å². The van der Waals surface area contributed by atoms with Crippen LogP contribution >= 0.6 is 0 Å². The normalized spacial score (nSPS) is 10.3. The van der Waals surface area contributed by atoms with E-state index >= 15 is 0 Å². The van der Waals surface area contributed by atoms with Gasteiger partial charge in [-0.25, -0.2) is 0 Å². The van der Waals surface area contributed by atoms with Gasteiger partial charge in [-0.1, -0.05) is 26.0 Å². The average molecular weight is 265 g/mol. The van der Waals surface area contributed by atoms with Crippen LogP contribution in [0.3, 0.4) is 0 Å². The second-order valence-electron chi connectivity index (χ2n) is 4.83. The van der Waals surface area contributed by atoms with Crippen molar-refractivity contribution in [3.05, 3.63) is 24.3 Å². The molecule has 0 spiro atoms. The van der Waals surface area contributed by atoms with E-state index in [4.69, 9.17) is 9.47 Å². The first-order valence-corrected chi connectivity index (χ1v) is 6.66. The predicted molar refractivity (Wildman–Crippen MR) is 75.6 cm³/mol. The molecule has 1 aromatic carbocycles. The van der Waals surface area contributed by atoms with Crippen molar-refractivity contribution < 1.29 is 14.3 Å². The third kappa shape index (κ3) is 6.13. The lowest BCUT2D eigenvalue weighted by Gasteiger charge is -2.10. The third-order valence-electron chi connectivity index (χ3n) is 2.71. The number of carbonyl (C=O) groups excluding carboxylic acids is 1. The number of para-hydroxylation sites is 2. The SMILES string of the molecule is COc1ccccc1OCC(=O)NCCCC(C)C. The lowest BCUT2D eigenvalue weighted by molar-refractivity contribution is -0.123. The van der Waals surface area contributed by atoms with Gasteiger partial charge < -0.3 is 14.8 Å². The van der Waals surface area contributed by atoms with E-state index in [1.54, 1.807) is 19.2 Å². The fourth-order valence-electron chi connectivity index (χ4n) is 1.67. The van der Waals surface area contributed by atoms with E-state index in [2.05, 4.69) is 19.2 Å². The summed E-state index contributed by atoms with van der Waals surface area (Å²) >= 11 is 0. The fraction of sp³-hybridized carbons (Fsp3) is 0.533. The number of hydrogen-bond donors (Lipinski definition) is 1. The Morgan fingerprint density at radius 1 is 1.26 bits per heavy atom. The molecule has 0 saturated heterocycles. The first kappa shape index (κ1) is 15.3. The molecule has 19 heavy (non-hydrogen) atoms. The van der Waals surface area contributed by atoms with E-state index in [1.807, 2.05) is 12.1 Å². The maximum absolute atomic E-state index is 11.6. The Hall–Kier alpha value is -1.71. The molecule has 1 aromatic rings. The molecule has 0 radical (unpaired) electrons. The highest BCUT2D eigenvalue weighted by Gasteiger charge is 2.06. The van der Waals surface area contributed by atoms with Crippen molar-refractivity contribution in [1.82, 2.24) is 5.32 Å². The van der Waals surface area contributed by atoms with Gasteiger partial charge in [0.05, 0.1) is 7.11 Å². The van der Waals surface area contributed by atoms with Crippen LogP contribution in [0.5, 0.6) is 11.5 Å². The third-order valence-corrected chi connectivity index (χ3v) is 2.71. The van der Waals surface area contributed by atoms with Crippen molar-refractivity contribution in [1.29, 1.82) is 0 Å². The fourth-order valence-corrected chi connectivity index (χ4v) is 1.67. The van der Waals surface area contributed by atoms with Gasteiger partial charge >= 0.3 is 0 Å². The summed E-state index contributed by atoms with van der Waals surface area (Å²) in [4.78, 5) is 11.6. The minimum atomic E-state index is -0.102. The zero-order valence-electron chi connectivity index (χ0n) is 11.9. The molecule has 4 heteroatoms. The van der Waals surface area contributed by atoms with E-state index in [-0.39, 0.29) is 12.5 Å². The van der Waals surface area contributed by atoms with Crippen LogP contribution in [0.2, 0.25) is 0 Å². The lowest BCUT2D eigenvalue weighted by atomic mass is 10.1. The van der Waals surface area contributed by atoms with Gasteiger partial charge in [0.15, 0.2) is 18.1 Å². The number of carbonyl (C=O) groups is 1. The standard InChI is InChI=1S/C15H23NO3/c1-12(2)7-6-10-16-15(17)11-19-14-9-5-4-8-13(14)18-3/h4-5,8-9,12H,6-7,10-11H2,1-3H3,(H,16,17). The summed E-state index contributed by atoms with van der Waals surface area (Å²) in [5.41, 5.74) is 0. The van der Waals surface area contributed by atoms with Gasteiger partial charge in [-0.3, -0.25) is 4.79 Å². The van der Waals surface area contributed by atoms with Crippen molar-refractivity contribution in [3.63, 3.8) is 0 Å². The van der Waals surface area contributed by atoms with Gasteiger partial charge in [-0.05, 0) is 30.9 Å². The van der Waals surface area contributed by atoms with Gasteiger partial charge in [-0.2, -0.15) is 0 Å². The maximum atomic E-state index is 11.6. The van der Waals surface area contributed by atoms with Crippen molar-refractivity contribution in [3.8, 4) is 11.5 Å². The minimum Gasteiger partial charge on any atom is -0.493 e. The van der Waals surface area contributed by atoms with Crippen molar-refractivity contribution in [2.75, 3.05) is 20.3 Å². The topological polar surface area (TPSA) is 47.6 Å². The largest absolute Gasteiger partial charge is 0.493 e. The molecule has 0 aliphatic heterocycles. The molecule has 0 aromatic heterocycles. The van der Waals surface area contributed by atoms with Gasteiger partial charge in [0.1, 0.15) is 0 Å². The average Bonchev–Trinajstić information content (AvgIpc) is 2.41. The number of ether oxygens (including phenoxy) is 2. The summed E-state index contributed by atoms with van der Waals surface area (Å²) in [6, 6.07) is 7.29. The second-order valence-corrected chi connectivity index (χ2v) is 4.83. The van der Waals surface area contributed by atoms with Gasteiger partial charge in [-0.15, -0.1) is 0 Å². The molecule has 106 valence electrons. The Morgan fingerprint density at radius 2 is 1.95 bits per heavy atom. The van der Waals surface area contributed by atoms with Crippen LogP contribution in [-0.4, -0.2) is 26.2 Å². The molecular formula is C15H23NO3. The second kappa shape index (κ2) is 8.40. The quantitative estimate of drug-likeness (QED) is 0.735. The van der Waals surface area contributed by atoms with Gasteiger partial charge in [0.25, 0.3) is 5.91 Å². The summed E-state index contributed by atoms with van der Waals surface area (Å²) in [5.74, 6) is 1.79. The van der Waals surface area contributed by atoms with Crippen LogP contribution in [0.4, 0.5) is 0 Å². The molecule has 0 unspecified atom stereocenters. The van der Waals surface area contributed by atoms with Crippen LogP contribution < -0.4 is 14.8 Å².